The lowest BCUT2D eigenvalue weighted by molar-refractivity contribution is -0.0500. The lowest BCUT2D eigenvalue weighted by Crippen LogP contribution is -2.22. The monoisotopic (exact) mass is 349 g/mol. The first-order valence-corrected chi connectivity index (χ1v) is 5.67. The second-order valence-electron chi connectivity index (χ2n) is 3.21. The van der Waals surface area contributed by atoms with Gasteiger partial charge in [-0.1, -0.05) is 0 Å². The quantitative estimate of drug-likeness (QED) is 0.431. The van der Waals surface area contributed by atoms with Gasteiger partial charge in [-0.15, -0.1) is 0 Å². The van der Waals surface area contributed by atoms with Gasteiger partial charge in [0.15, 0.2) is 11.6 Å². The molecule has 0 heterocycles. The van der Waals surface area contributed by atoms with Crippen LogP contribution in [0.2, 0.25) is 0 Å². The number of rotatable bonds is 5. The van der Waals surface area contributed by atoms with E-state index >= 15 is 0 Å². The molecule has 4 N–H and O–H groups in total. The lowest BCUT2D eigenvalue weighted by Gasteiger charge is -2.12. The highest BCUT2D eigenvalue weighted by Gasteiger charge is 2.17. The topological polar surface area (TPSA) is 107 Å². The van der Waals surface area contributed by atoms with Crippen molar-refractivity contribution in [2.45, 2.75) is 6.61 Å². The molecule has 20 heavy (non-hydrogen) atoms. The predicted molar refractivity (Wildman–Crippen MR) is 69.3 cm³/mol. The highest BCUT2D eigenvalue weighted by atomic mass is 79.9. The third-order valence-electron chi connectivity index (χ3n) is 1.91. The van der Waals surface area contributed by atoms with Gasteiger partial charge in [-0.2, -0.15) is 19.1 Å². The molecule has 106 valence electrons. The number of benzene rings is 1. The molecular weight excluding hydrogens is 343 g/mol. The molecular formula is C10H7BrF3N5O. The molecule has 0 fully saturated rings. The van der Waals surface area contributed by atoms with Crippen molar-refractivity contribution >= 4 is 33.2 Å². The minimum atomic E-state index is -3.18. The average Bonchev–Trinajstić information content (AvgIpc) is 2.37. The summed E-state index contributed by atoms with van der Waals surface area (Å²) in [4.78, 5) is 0. The minimum Gasteiger partial charge on any atom is -0.431 e. The van der Waals surface area contributed by atoms with Gasteiger partial charge in [0.25, 0.3) is 0 Å². The highest BCUT2D eigenvalue weighted by Crippen LogP contribution is 2.36. The number of nitrogens with two attached hydrogens (primary N) is 1. The normalized spacial score (nSPS) is 11.1. The van der Waals surface area contributed by atoms with Crippen molar-refractivity contribution in [2.24, 2.45) is 10.8 Å². The third-order valence-corrected chi connectivity index (χ3v) is 2.65. The van der Waals surface area contributed by atoms with Crippen molar-refractivity contribution in [3.63, 3.8) is 0 Å². The van der Waals surface area contributed by atoms with Gasteiger partial charge in [-0.3, -0.25) is 10.8 Å². The Balaban J connectivity index is 3.16. The van der Waals surface area contributed by atoms with E-state index < -0.39 is 29.7 Å². The lowest BCUT2D eigenvalue weighted by atomic mass is 10.3. The molecule has 0 amide bonds. The number of hydrogen-bond donors (Lipinski definition) is 3. The molecule has 1 aromatic carbocycles. The molecule has 0 saturated heterocycles. The summed E-state index contributed by atoms with van der Waals surface area (Å²) in [5, 5.41) is 19.1. The Morgan fingerprint density at radius 3 is 2.70 bits per heavy atom. The SMILES string of the molecule is N#C/C(=N\Nc1ccc(F)c(Br)c1OC(F)F)C(=N)N. The van der Waals surface area contributed by atoms with Gasteiger partial charge in [-0.05, 0) is 28.1 Å². The van der Waals surface area contributed by atoms with Crippen LogP contribution in [0.5, 0.6) is 5.75 Å². The number of amidine groups is 1. The average molecular weight is 350 g/mol. The van der Waals surface area contributed by atoms with Crippen LogP contribution in [0.1, 0.15) is 0 Å². The predicted octanol–water partition coefficient (Wildman–Crippen LogP) is 2.42. The molecule has 1 rings (SSSR count). The van der Waals surface area contributed by atoms with E-state index in [0.717, 1.165) is 12.1 Å². The molecule has 0 aromatic heterocycles. The van der Waals surface area contributed by atoms with Crippen molar-refractivity contribution in [1.29, 1.82) is 10.7 Å². The summed E-state index contributed by atoms with van der Waals surface area (Å²) in [7, 11) is 0. The molecule has 10 heteroatoms. The number of anilines is 1. The van der Waals surface area contributed by atoms with Crippen molar-refractivity contribution in [3.05, 3.63) is 22.4 Å². The van der Waals surface area contributed by atoms with Crippen LogP contribution in [0.3, 0.4) is 0 Å². The number of nitrogens with zero attached hydrogens (tertiary/aromatic N) is 2. The first-order valence-electron chi connectivity index (χ1n) is 4.87. The maximum absolute atomic E-state index is 13.3. The zero-order valence-electron chi connectivity index (χ0n) is 9.62. The van der Waals surface area contributed by atoms with Crippen LogP contribution in [-0.4, -0.2) is 18.2 Å². The molecule has 6 nitrogen and oxygen atoms in total. The van der Waals surface area contributed by atoms with Crippen LogP contribution >= 0.6 is 15.9 Å². The largest absolute Gasteiger partial charge is 0.431 e. The summed E-state index contributed by atoms with van der Waals surface area (Å²) in [6, 6.07) is 3.57. The Bertz CT molecular complexity index is 599. The van der Waals surface area contributed by atoms with Gasteiger partial charge < -0.3 is 10.5 Å². The maximum Gasteiger partial charge on any atom is 0.387 e. The van der Waals surface area contributed by atoms with E-state index in [1.807, 2.05) is 0 Å². The van der Waals surface area contributed by atoms with E-state index in [4.69, 9.17) is 16.4 Å². The number of halogens is 4. The van der Waals surface area contributed by atoms with Gasteiger partial charge in [0.05, 0.1) is 10.2 Å². The summed E-state index contributed by atoms with van der Waals surface area (Å²) in [6.45, 7) is -3.18. The fourth-order valence-electron chi connectivity index (χ4n) is 1.09. The van der Waals surface area contributed by atoms with Crippen LogP contribution < -0.4 is 15.9 Å². The van der Waals surface area contributed by atoms with E-state index in [0.29, 0.717) is 0 Å². The smallest absolute Gasteiger partial charge is 0.387 e. The number of nitrogens with one attached hydrogen (secondary N) is 2. The molecule has 0 bridgehead atoms. The van der Waals surface area contributed by atoms with E-state index in [9.17, 15) is 13.2 Å². The number of nitriles is 1. The zero-order valence-corrected chi connectivity index (χ0v) is 11.2. The molecule has 0 radical (unpaired) electrons. The fraction of sp³-hybridized carbons (Fsp3) is 0.100. The standard InChI is InChI=1S/C10H7BrF3N5O/c11-7-4(12)1-2-5(8(7)20-10(13)14)18-19-6(3-15)9(16)17/h1-2,10,18H,(H3,16,17)/b19-6+. The van der Waals surface area contributed by atoms with Crippen LogP contribution in [0.25, 0.3) is 0 Å². The van der Waals surface area contributed by atoms with Crippen LogP contribution in [0.4, 0.5) is 18.9 Å². The van der Waals surface area contributed by atoms with E-state index in [2.05, 4.69) is 31.2 Å². The van der Waals surface area contributed by atoms with E-state index in [1.165, 1.54) is 6.07 Å². The summed E-state index contributed by atoms with van der Waals surface area (Å²) in [5.41, 5.74) is 6.67. The second kappa shape index (κ2) is 6.76. The maximum atomic E-state index is 13.3. The Kier molecular flexibility index (Phi) is 5.33. The Morgan fingerprint density at radius 2 is 2.20 bits per heavy atom. The minimum absolute atomic E-state index is 0.132. The van der Waals surface area contributed by atoms with Gasteiger partial charge in [0, 0.05) is 0 Å². The molecule has 0 saturated carbocycles. The number of hydrogen-bond acceptors (Lipinski definition) is 5. The molecule has 0 aliphatic carbocycles. The van der Waals surface area contributed by atoms with Gasteiger partial charge in [0.1, 0.15) is 11.9 Å². The molecule has 0 aliphatic heterocycles. The highest BCUT2D eigenvalue weighted by molar-refractivity contribution is 9.10. The molecule has 0 atom stereocenters. The summed E-state index contributed by atoms with van der Waals surface area (Å²) in [5.74, 6) is -1.95. The summed E-state index contributed by atoms with van der Waals surface area (Å²) >= 11 is 2.76. The molecule has 0 spiro atoms. The van der Waals surface area contributed by atoms with Crippen molar-refractivity contribution in [3.8, 4) is 11.8 Å². The van der Waals surface area contributed by atoms with Crippen molar-refractivity contribution in [1.82, 2.24) is 0 Å². The number of alkyl halides is 2. The molecule has 0 aliphatic rings. The van der Waals surface area contributed by atoms with Crippen molar-refractivity contribution < 1.29 is 17.9 Å². The number of ether oxygens (including phenoxy) is 1. The van der Waals surface area contributed by atoms with E-state index in [1.54, 1.807) is 0 Å². The van der Waals surface area contributed by atoms with Crippen LogP contribution in [0.15, 0.2) is 21.7 Å². The fourth-order valence-corrected chi connectivity index (χ4v) is 1.53. The van der Waals surface area contributed by atoms with Gasteiger partial charge in [-0.25, -0.2) is 4.39 Å². The molecule has 0 unspecified atom stereocenters. The molecule has 1 aromatic rings. The Labute approximate surface area is 119 Å². The first-order chi connectivity index (χ1) is 9.36. The van der Waals surface area contributed by atoms with Crippen LogP contribution in [0, 0.1) is 22.6 Å². The Hall–Kier alpha value is -2.28. The second-order valence-corrected chi connectivity index (χ2v) is 4.01. The van der Waals surface area contributed by atoms with Gasteiger partial charge >= 0.3 is 6.61 Å². The first kappa shape index (κ1) is 15.8. The zero-order chi connectivity index (χ0) is 15.3. The van der Waals surface area contributed by atoms with E-state index in [-0.39, 0.29) is 10.2 Å². The summed E-state index contributed by atoms with van der Waals surface area (Å²) < 4.78 is 41.6. The van der Waals surface area contributed by atoms with Crippen LogP contribution in [-0.2, 0) is 0 Å². The summed E-state index contributed by atoms with van der Waals surface area (Å²) in [6.07, 6.45) is 0. The Morgan fingerprint density at radius 1 is 1.55 bits per heavy atom. The van der Waals surface area contributed by atoms with Crippen molar-refractivity contribution in [2.75, 3.05) is 5.43 Å². The third kappa shape index (κ3) is 3.86. The van der Waals surface area contributed by atoms with Gasteiger partial charge in [0.2, 0.25) is 5.71 Å². The number of hydrazone groups is 1.